The molecular formula is C13H10N2O3. The van der Waals surface area contributed by atoms with Crippen LogP contribution in [-0.4, -0.2) is 15.7 Å². The van der Waals surface area contributed by atoms with Gasteiger partial charge in [0.1, 0.15) is 0 Å². The summed E-state index contributed by atoms with van der Waals surface area (Å²) in [6.07, 6.45) is 3.22. The van der Waals surface area contributed by atoms with Crippen LogP contribution in [0.5, 0.6) is 0 Å². The minimum absolute atomic E-state index is 0.123. The van der Waals surface area contributed by atoms with Gasteiger partial charge in [-0.3, -0.25) is 19.9 Å². The van der Waals surface area contributed by atoms with E-state index in [9.17, 15) is 14.9 Å². The van der Waals surface area contributed by atoms with Crippen LogP contribution in [0.2, 0.25) is 0 Å². The van der Waals surface area contributed by atoms with Gasteiger partial charge in [0.2, 0.25) is 0 Å². The van der Waals surface area contributed by atoms with Gasteiger partial charge in [0.05, 0.1) is 10.5 Å². The Hall–Kier alpha value is -2.56. The summed E-state index contributed by atoms with van der Waals surface area (Å²) >= 11 is 0. The van der Waals surface area contributed by atoms with E-state index in [1.165, 1.54) is 19.1 Å². The molecule has 1 aromatic heterocycles. The summed E-state index contributed by atoms with van der Waals surface area (Å²) in [5.41, 5.74) is 1.46. The number of nitrogens with zero attached hydrogens (tertiary/aromatic N) is 2. The Morgan fingerprint density at radius 2 is 1.83 bits per heavy atom. The van der Waals surface area contributed by atoms with Crippen molar-refractivity contribution in [3.63, 3.8) is 0 Å². The van der Waals surface area contributed by atoms with Gasteiger partial charge in [0, 0.05) is 18.5 Å². The average molecular weight is 242 g/mol. The van der Waals surface area contributed by atoms with E-state index in [0.717, 1.165) is 5.56 Å². The van der Waals surface area contributed by atoms with Gasteiger partial charge in [-0.1, -0.05) is 6.07 Å². The lowest BCUT2D eigenvalue weighted by Gasteiger charge is -2.03. The van der Waals surface area contributed by atoms with Crippen molar-refractivity contribution in [1.82, 2.24) is 4.98 Å². The van der Waals surface area contributed by atoms with Crippen molar-refractivity contribution in [3.05, 3.63) is 58.4 Å². The first kappa shape index (κ1) is 11.9. The third-order valence-corrected chi connectivity index (χ3v) is 2.59. The SMILES string of the molecule is CC(=O)c1ccc(-c2ccncc2)cc1[N+](=O)[O-]. The minimum Gasteiger partial charge on any atom is -0.294 e. The van der Waals surface area contributed by atoms with Gasteiger partial charge in [0.15, 0.2) is 5.78 Å². The second kappa shape index (κ2) is 4.75. The van der Waals surface area contributed by atoms with Gasteiger partial charge >= 0.3 is 0 Å². The van der Waals surface area contributed by atoms with Gasteiger partial charge in [-0.25, -0.2) is 0 Å². The highest BCUT2D eigenvalue weighted by Crippen LogP contribution is 2.27. The van der Waals surface area contributed by atoms with Crippen LogP contribution in [0.15, 0.2) is 42.7 Å². The molecule has 2 aromatic rings. The first-order valence-corrected chi connectivity index (χ1v) is 5.29. The number of Topliss-reactive ketones (excluding diaryl/α,β-unsaturated/α-hetero) is 1. The molecule has 0 saturated carbocycles. The Morgan fingerprint density at radius 1 is 1.17 bits per heavy atom. The number of hydrogen-bond donors (Lipinski definition) is 0. The summed E-state index contributed by atoms with van der Waals surface area (Å²) < 4.78 is 0. The maximum absolute atomic E-state index is 11.3. The zero-order valence-corrected chi connectivity index (χ0v) is 9.66. The fourth-order valence-electron chi connectivity index (χ4n) is 1.70. The molecule has 0 saturated heterocycles. The lowest BCUT2D eigenvalue weighted by molar-refractivity contribution is -0.385. The van der Waals surface area contributed by atoms with Crippen molar-refractivity contribution in [2.24, 2.45) is 0 Å². The molecule has 0 aliphatic carbocycles. The molecule has 0 radical (unpaired) electrons. The third-order valence-electron chi connectivity index (χ3n) is 2.59. The molecule has 5 nitrogen and oxygen atoms in total. The average Bonchev–Trinajstić information content (AvgIpc) is 2.39. The van der Waals surface area contributed by atoms with Crippen LogP contribution in [0.25, 0.3) is 11.1 Å². The quantitative estimate of drug-likeness (QED) is 0.471. The second-order valence-electron chi connectivity index (χ2n) is 3.78. The molecule has 0 aliphatic rings. The molecule has 1 aromatic carbocycles. The molecule has 5 heteroatoms. The van der Waals surface area contributed by atoms with E-state index >= 15 is 0 Å². The van der Waals surface area contributed by atoms with Crippen LogP contribution >= 0.6 is 0 Å². The molecule has 1 heterocycles. The van der Waals surface area contributed by atoms with E-state index < -0.39 is 4.92 Å². The summed E-state index contributed by atoms with van der Waals surface area (Å²) in [6, 6.07) is 8.10. The van der Waals surface area contributed by atoms with Crippen LogP contribution < -0.4 is 0 Å². The molecule has 0 amide bonds. The number of carbonyl (C=O) groups is 1. The number of rotatable bonds is 3. The lowest BCUT2D eigenvalue weighted by atomic mass is 10.0. The summed E-state index contributed by atoms with van der Waals surface area (Å²) in [6.45, 7) is 1.31. The molecule has 0 bridgehead atoms. The van der Waals surface area contributed by atoms with Gasteiger partial charge in [-0.05, 0) is 36.2 Å². The van der Waals surface area contributed by atoms with Gasteiger partial charge in [-0.2, -0.15) is 0 Å². The Bertz CT molecular complexity index is 609. The highest BCUT2D eigenvalue weighted by Gasteiger charge is 2.18. The van der Waals surface area contributed by atoms with Crippen molar-refractivity contribution in [2.45, 2.75) is 6.92 Å². The maximum Gasteiger partial charge on any atom is 0.280 e. The first-order chi connectivity index (χ1) is 8.59. The van der Waals surface area contributed by atoms with Crippen molar-refractivity contribution < 1.29 is 9.72 Å². The van der Waals surface area contributed by atoms with Crippen molar-refractivity contribution in [3.8, 4) is 11.1 Å². The lowest BCUT2D eigenvalue weighted by Crippen LogP contribution is -2.00. The summed E-state index contributed by atoms with van der Waals surface area (Å²) in [7, 11) is 0. The van der Waals surface area contributed by atoms with E-state index in [2.05, 4.69) is 4.98 Å². The number of ketones is 1. The molecule has 90 valence electrons. The monoisotopic (exact) mass is 242 g/mol. The maximum atomic E-state index is 11.3. The summed E-state index contributed by atoms with van der Waals surface area (Å²) in [4.78, 5) is 25.6. The first-order valence-electron chi connectivity index (χ1n) is 5.29. The molecule has 18 heavy (non-hydrogen) atoms. The van der Waals surface area contributed by atoms with Gasteiger partial charge in [0.25, 0.3) is 5.69 Å². The highest BCUT2D eigenvalue weighted by molar-refractivity contribution is 5.98. The zero-order chi connectivity index (χ0) is 13.1. The topological polar surface area (TPSA) is 73.1 Å². The van der Waals surface area contributed by atoms with Crippen molar-refractivity contribution in [2.75, 3.05) is 0 Å². The summed E-state index contributed by atoms with van der Waals surface area (Å²) in [5, 5.41) is 11.0. The van der Waals surface area contributed by atoms with Gasteiger partial charge in [-0.15, -0.1) is 0 Å². The Balaban J connectivity index is 2.57. The van der Waals surface area contributed by atoms with Crippen LogP contribution in [0.1, 0.15) is 17.3 Å². The Labute approximate surface area is 103 Å². The molecule has 0 spiro atoms. The normalized spacial score (nSPS) is 10.1. The number of nitro benzene ring substituents is 1. The van der Waals surface area contributed by atoms with E-state index in [0.29, 0.717) is 5.56 Å². The number of benzene rings is 1. The van der Waals surface area contributed by atoms with Crippen LogP contribution in [-0.2, 0) is 0 Å². The molecular weight excluding hydrogens is 232 g/mol. The predicted octanol–water partition coefficient (Wildman–Crippen LogP) is 2.86. The van der Waals surface area contributed by atoms with E-state index in [1.54, 1.807) is 30.6 Å². The molecule has 0 atom stereocenters. The number of carbonyl (C=O) groups excluding carboxylic acids is 1. The zero-order valence-electron chi connectivity index (χ0n) is 9.66. The number of nitro groups is 1. The summed E-state index contributed by atoms with van der Waals surface area (Å²) in [5.74, 6) is -0.317. The van der Waals surface area contributed by atoms with E-state index in [-0.39, 0.29) is 17.0 Å². The van der Waals surface area contributed by atoms with Crippen LogP contribution in [0.4, 0.5) is 5.69 Å². The molecule has 0 aliphatic heterocycles. The molecule has 0 N–H and O–H groups in total. The van der Waals surface area contributed by atoms with Crippen molar-refractivity contribution >= 4 is 11.5 Å². The highest BCUT2D eigenvalue weighted by atomic mass is 16.6. The standard InChI is InChI=1S/C13H10N2O3/c1-9(16)12-3-2-11(8-13(12)15(17)18)10-4-6-14-7-5-10/h2-8H,1H3. The number of hydrogen-bond acceptors (Lipinski definition) is 4. The van der Waals surface area contributed by atoms with Crippen molar-refractivity contribution in [1.29, 1.82) is 0 Å². The van der Waals surface area contributed by atoms with Crippen LogP contribution in [0, 0.1) is 10.1 Å². The second-order valence-corrected chi connectivity index (χ2v) is 3.78. The fourth-order valence-corrected chi connectivity index (χ4v) is 1.70. The smallest absolute Gasteiger partial charge is 0.280 e. The van der Waals surface area contributed by atoms with Gasteiger partial charge < -0.3 is 0 Å². The molecule has 2 rings (SSSR count). The van der Waals surface area contributed by atoms with Crippen LogP contribution in [0.3, 0.4) is 0 Å². The number of aromatic nitrogens is 1. The van der Waals surface area contributed by atoms with E-state index in [4.69, 9.17) is 0 Å². The molecule has 0 unspecified atom stereocenters. The fraction of sp³-hybridized carbons (Fsp3) is 0.0769. The Kier molecular flexibility index (Phi) is 3.14. The molecule has 0 fully saturated rings. The third kappa shape index (κ3) is 2.24. The minimum atomic E-state index is -0.540. The number of pyridine rings is 1. The Morgan fingerprint density at radius 3 is 2.39 bits per heavy atom. The largest absolute Gasteiger partial charge is 0.294 e. The predicted molar refractivity (Wildman–Crippen MR) is 66.3 cm³/mol. The van der Waals surface area contributed by atoms with E-state index in [1.807, 2.05) is 0 Å².